The van der Waals surface area contributed by atoms with Gasteiger partial charge in [0.25, 0.3) is 0 Å². The van der Waals surface area contributed by atoms with Gasteiger partial charge in [-0.15, -0.1) is 22.7 Å². The lowest BCUT2D eigenvalue weighted by atomic mass is 9.71. The first kappa shape index (κ1) is 33.1. The van der Waals surface area contributed by atoms with E-state index in [2.05, 4.69) is 0 Å². The molecule has 14 heteroatoms. The molecule has 1 saturated carbocycles. The van der Waals surface area contributed by atoms with E-state index in [-0.39, 0.29) is 75.4 Å². The van der Waals surface area contributed by atoms with Gasteiger partial charge in [0, 0.05) is 51.1 Å². The largest absolute Gasteiger partial charge is 0.493 e. The van der Waals surface area contributed by atoms with Gasteiger partial charge in [-0.25, -0.2) is 8.78 Å². The minimum atomic E-state index is -1.10. The number of ketones is 2. The molecule has 0 amide bonds. The van der Waals surface area contributed by atoms with Crippen molar-refractivity contribution in [1.29, 1.82) is 0 Å². The van der Waals surface area contributed by atoms with Gasteiger partial charge < -0.3 is 29.2 Å². The molecule has 1 fully saturated rings. The number of carbonyl (C=O) groups is 4. The van der Waals surface area contributed by atoms with E-state index >= 15 is 8.78 Å². The molecule has 1 aliphatic carbocycles. The van der Waals surface area contributed by atoms with Crippen molar-refractivity contribution in [2.75, 3.05) is 27.4 Å². The topological polar surface area (TPSA) is 146 Å². The maximum atomic E-state index is 15.5. The summed E-state index contributed by atoms with van der Waals surface area (Å²) in [4.78, 5) is 48.5. The molecule has 2 N–H and O–H groups in total. The first-order valence-electron chi connectivity index (χ1n) is 14.3. The van der Waals surface area contributed by atoms with Crippen molar-refractivity contribution in [1.82, 2.24) is 0 Å². The van der Waals surface area contributed by atoms with Crippen LogP contribution in [0.2, 0.25) is 0 Å². The van der Waals surface area contributed by atoms with Crippen molar-refractivity contribution in [3.63, 3.8) is 0 Å². The van der Waals surface area contributed by atoms with Crippen LogP contribution in [0.5, 0.6) is 23.0 Å². The zero-order chi connectivity index (χ0) is 33.3. The highest BCUT2D eigenvalue weighted by molar-refractivity contribution is 7.21. The second-order valence-corrected chi connectivity index (χ2v) is 13.1. The Hall–Kier alpha value is -4.30. The molecule has 1 unspecified atom stereocenters. The summed E-state index contributed by atoms with van der Waals surface area (Å²) in [6.07, 6.45) is 0.930. The number of methoxy groups -OCH3 is 2. The van der Waals surface area contributed by atoms with E-state index in [0.717, 1.165) is 22.7 Å². The minimum Gasteiger partial charge on any atom is -0.493 e. The number of hydrogen-bond donors (Lipinski definition) is 2. The summed E-state index contributed by atoms with van der Waals surface area (Å²) in [6.45, 7) is 1.45. The number of aliphatic carboxylic acids is 2. The van der Waals surface area contributed by atoms with Gasteiger partial charge in [0.05, 0.1) is 49.0 Å². The molecule has 5 rings (SSSR count). The number of carboxylic acid groups (broad SMARTS) is 2. The smallest absolute Gasteiger partial charge is 0.307 e. The Labute approximate surface area is 269 Å². The van der Waals surface area contributed by atoms with Crippen LogP contribution in [0.4, 0.5) is 8.78 Å². The average molecular weight is 677 g/mol. The van der Waals surface area contributed by atoms with E-state index < -0.39 is 47.1 Å². The van der Waals surface area contributed by atoms with Crippen molar-refractivity contribution in [2.45, 2.75) is 32.6 Å². The monoisotopic (exact) mass is 676 g/mol. The molecular weight excluding hydrogens is 646 g/mol. The van der Waals surface area contributed by atoms with Gasteiger partial charge in [-0.1, -0.05) is 6.92 Å². The fourth-order valence-corrected chi connectivity index (χ4v) is 7.34. The number of ether oxygens (including phenoxy) is 4. The van der Waals surface area contributed by atoms with Gasteiger partial charge in [0.1, 0.15) is 0 Å². The van der Waals surface area contributed by atoms with Crippen molar-refractivity contribution in [3.05, 3.63) is 45.7 Å². The number of rotatable bonds is 15. The van der Waals surface area contributed by atoms with Crippen LogP contribution < -0.4 is 18.9 Å². The third-order valence-electron chi connectivity index (χ3n) is 7.94. The molecule has 4 aromatic rings. The van der Waals surface area contributed by atoms with Crippen LogP contribution in [0.3, 0.4) is 0 Å². The van der Waals surface area contributed by atoms with Crippen LogP contribution in [-0.2, 0) is 9.59 Å². The van der Waals surface area contributed by atoms with E-state index in [0.29, 0.717) is 22.2 Å². The fraction of sp³-hybridized carbons (Fsp3) is 0.375. The quantitative estimate of drug-likeness (QED) is 0.101. The summed E-state index contributed by atoms with van der Waals surface area (Å²) in [5.41, 5.74) is 0. The lowest BCUT2D eigenvalue weighted by Crippen LogP contribution is -2.37. The number of benzene rings is 2. The normalized spacial score (nSPS) is 16.5. The number of carboxylic acids is 2. The molecule has 10 nitrogen and oxygen atoms in total. The Balaban J connectivity index is 1.25. The van der Waals surface area contributed by atoms with Gasteiger partial charge in [-0.05, 0) is 25.0 Å². The molecule has 2 heterocycles. The molecule has 0 bridgehead atoms. The van der Waals surface area contributed by atoms with Crippen molar-refractivity contribution < 1.29 is 57.1 Å². The summed E-state index contributed by atoms with van der Waals surface area (Å²) >= 11 is 2.09. The second-order valence-electron chi connectivity index (χ2n) is 10.9. The zero-order valence-electron chi connectivity index (χ0n) is 25.0. The number of carbonyl (C=O) groups excluding carboxylic acids is 2. The van der Waals surface area contributed by atoms with Crippen LogP contribution in [0, 0.1) is 29.4 Å². The van der Waals surface area contributed by atoms with Crippen LogP contribution in [0.25, 0.3) is 20.2 Å². The third-order valence-corrected chi connectivity index (χ3v) is 10.2. The number of thiophene rings is 2. The lowest BCUT2D eigenvalue weighted by Gasteiger charge is -2.31. The molecule has 3 atom stereocenters. The lowest BCUT2D eigenvalue weighted by molar-refractivity contribution is -0.146. The summed E-state index contributed by atoms with van der Waals surface area (Å²) in [6, 6.07) is 5.88. The average Bonchev–Trinajstić information content (AvgIpc) is 3.62. The summed E-state index contributed by atoms with van der Waals surface area (Å²) in [5.74, 6) is -6.65. The predicted molar refractivity (Wildman–Crippen MR) is 166 cm³/mol. The number of fused-ring (bicyclic) bond motifs is 2. The maximum absolute atomic E-state index is 15.5. The Bertz CT molecular complexity index is 1850. The molecule has 2 aromatic heterocycles. The molecule has 0 saturated heterocycles. The summed E-state index contributed by atoms with van der Waals surface area (Å²) in [5, 5.41) is 18.7. The summed E-state index contributed by atoms with van der Waals surface area (Å²) < 4.78 is 53.8. The molecule has 46 heavy (non-hydrogen) atoms. The fourth-order valence-electron chi connectivity index (χ4n) is 5.21. The van der Waals surface area contributed by atoms with Gasteiger partial charge in [0.2, 0.25) is 0 Å². The summed E-state index contributed by atoms with van der Waals surface area (Å²) in [7, 11) is 2.63. The van der Waals surface area contributed by atoms with Crippen LogP contribution in [-0.4, -0.2) is 61.2 Å². The van der Waals surface area contributed by atoms with Crippen LogP contribution in [0.1, 0.15) is 52.0 Å². The van der Waals surface area contributed by atoms with Crippen molar-refractivity contribution in [3.8, 4) is 23.0 Å². The Morgan fingerprint density at radius 2 is 1.41 bits per heavy atom. The molecule has 0 aliphatic heterocycles. The van der Waals surface area contributed by atoms with E-state index in [1.807, 2.05) is 0 Å². The number of halogens is 2. The Morgan fingerprint density at radius 3 is 2.00 bits per heavy atom. The zero-order valence-corrected chi connectivity index (χ0v) is 26.6. The van der Waals surface area contributed by atoms with Gasteiger partial charge in [-0.2, -0.15) is 0 Å². The third kappa shape index (κ3) is 6.36. The van der Waals surface area contributed by atoms with Gasteiger partial charge in [-0.3, -0.25) is 19.2 Å². The standard InChI is InChI=1S/C32H30F2O10S2/c1-14(31(37)38)9-19(35)24-10-17-22(45-24)12-20(41-2)30(27(17)34)44-8-4-7-43-21-13-23-18(26(33)29(21)42-3)11-25(46-23)28(36)15-5-6-16(15)32(39)40/h10-16H,4-9H2,1-3H3,(H,37,38)(H,39,40)/t14?,15-,16-/m1/s1. The van der Waals surface area contributed by atoms with E-state index in [9.17, 15) is 24.3 Å². The van der Waals surface area contributed by atoms with E-state index in [4.69, 9.17) is 24.1 Å². The highest BCUT2D eigenvalue weighted by atomic mass is 32.1. The maximum Gasteiger partial charge on any atom is 0.307 e. The minimum absolute atomic E-state index is 0.0122. The predicted octanol–water partition coefficient (Wildman–Crippen LogP) is 6.85. The first-order chi connectivity index (χ1) is 21.9. The Morgan fingerprint density at radius 1 is 0.826 bits per heavy atom. The first-order valence-corrected chi connectivity index (χ1v) is 16.0. The second kappa shape index (κ2) is 13.6. The molecular formula is C32H30F2O10S2. The molecule has 0 radical (unpaired) electrons. The molecule has 2 aromatic carbocycles. The molecule has 0 spiro atoms. The van der Waals surface area contributed by atoms with Crippen LogP contribution >= 0.6 is 22.7 Å². The SMILES string of the molecule is COc1cc2sc(C(=O)CC(C)C(=O)O)cc2c(F)c1OCCCOc1cc2sc(C(=O)[C@@H]3CC[C@H]3C(=O)O)cc2c(F)c1OC. The highest BCUT2D eigenvalue weighted by Crippen LogP contribution is 2.44. The van der Waals surface area contributed by atoms with Crippen molar-refractivity contribution in [2.24, 2.45) is 17.8 Å². The number of hydrogen-bond acceptors (Lipinski definition) is 10. The van der Waals surface area contributed by atoms with Crippen molar-refractivity contribution >= 4 is 66.4 Å². The van der Waals surface area contributed by atoms with Gasteiger partial charge in [0.15, 0.2) is 46.2 Å². The molecule has 1 aliphatic rings. The van der Waals surface area contributed by atoms with E-state index in [1.165, 1.54) is 33.3 Å². The van der Waals surface area contributed by atoms with Gasteiger partial charge >= 0.3 is 11.9 Å². The van der Waals surface area contributed by atoms with Crippen LogP contribution in [0.15, 0.2) is 24.3 Å². The Kier molecular flexibility index (Phi) is 9.77. The van der Waals surface area contributed by atoms with E-state index in [1.54, 1.807) is 12.1 Å². The number of Topliss-reactive ketones (excluding diaryl/α,β-unsaturated/α-hetero) is 2. The molecule has 244 valence electrons. The highest BCUT2D eigenvalue weighted by Gasteiger charge is 2.42.